The summed E-state index contributed by atoms with van der Waals surface area (Å²) >= 11 is 2.76. The van der Waals surface area contributed by atoms with E-state index in [1.807, 2.05) is 48.7 Å². The lowest BCUT2D eigenvalue weighted by atomic mass is 10.0. The van der Waals surface area contributed by atoms with Crippen LogP contribution in [0, 0.1) is 5.82 Å². The van der Waals surface area contributed by atoms with E-state index in [1.165, 1.54) is 43.1 Å². The van der Waals surface area contributed by atoms with Gasteiger partial charge in [-0.3, -0.25) is 14.2 Å². The topological polar surface area (TPSA) is 120 Å². The van der Waals surface area contributed by atoms with Crippen LogP contribution in [0.15, 0.2) is 94.5 Å². The fraction of sp³-hybridized carbons (Fsp3) is 0.229. The first-order valence-corrected chi connectivity index (χ1v) is 17.2. The van der Waals surface area contributed by atoms with Gasteiger partial charge in [0.2, 0.25) is 0 Å². The van der Waals surface area contributed by atoms with Crippen molar-refractivity contribution in [2.75, 3.05) is 26.6 Å². The predicted molar refractivity (Wildman–Crippen MR) is 185 cm³/mol. The molecule has 1 N–H and O–H groups in total. The molecule has 5 aromatic rings. The third kappa shape index (κ3) is 7.60. The van der Waals surface area contributed by atoms with Gasteiger partial charge in [-0.2, -0.15) is 5.10 Å². The highest BCUT2D eigenvalue weighted by atomic mass is 32.2. The Bertz CT molecular complexity index is 1950. The Morgan fingerprint density at radius 2 is 1.78 bits per heavy atom. The van der Waals surface area contributed by atoms with E-state index in [2.05, 4.69) is 15.5 Å². The lowest BCUT2D eigenvalue weighted by Gasteiger charge is -2.22. The van der Waals surface area contributed by atoms with Gasteiger partial charge in [0, 0.05) is 17.7 Å². The fourth-order valence-electron chi connectivity index (χ4n) is 5.33. The summed E-state index contributed by atoms with van der Waals surface area (Å²) in [7, 11) is 3.03. The van der Waals surface area contributed by atoms with Crippen LogP contribution >= 0.6 is 23.1 Å². The zero-order valence-electron chi connectivity index (χ0n) is 27.0. The Hall–Kier alpha value is -5.21. The van der Waals surface area contributed by atoms with Crippen molar-refractivity contribution < 1.29 is 28.2 Å². The average molecular weight is 701 g/mol. The molecule has 0 saturated heterocycles. The van der Waals surface area contributed by atoms with Crippen molar-refractivity contribution in [3.05, 3.63) is 112 Å². The van der Waals surface area contributed by atoms with Crippen LogP contribution in [-0.4, -0.2) is 63.9 Å². The summed E-state index contributed by atoms with van der Waals surface area (Å²) in [5.41, 5.74) is 2.70. The number of hydrogen-bond donors (Lipinski definition) is 1. The van der Waals surface area contributed by atoms with E-state index < -0.39 is 0 Å². The zero-order valence-corrected chi connectivity index (χ0v) is 28.6. The second-order valence-electron chi connectivity index (χ2n) is 10.7. The molecule has 1 aliphatic heterocycles. The first-order chi connectivity index (χ1) is 23.9. The number of halogens is 1. The summed E-state index contributed by atoms with van der Waals surface area (Å²) in [6.45, 7) is 2.48. The Balaban J connectivity index is 1.24. The second-order valence-corrected chi connectivity index (χ2v) is 12.6. The number of methoxy groups -OCH3 is 2. The molecule has 1 unspecified atom stereocenters. The maximum Gasteiger partial charge on any atom is 0.253 e. The minimum atomic E-state index is -0.378. The van der Waals surface area contributed by atoms with E-state index in [1.54, 1.807) is 46.2 Å². The van der Waals surface area contributed by atoms with Crippen molar-refractivity contribution in [3.8, 4) is 22.9 Å². The molecule has 49 heavy (non-hydrogen) atoms. The number of nitrogens with zero attached hydrogens (tertiary/aromatic N) is 5. The molecule has 0 saturated carbocycles. The van der Waals surface area contributed by atoms with Crippen LogP contribution in [0.5, 0.6) is 17.2 Å². The molecule has 11 nitrogen and oxygen atoms in total. The van der Waals surface area contributed by atoms with E-state index in [9.17, 15) is 14.0 Å². The predicted octanol–water partition coefficient (Wildman–Crippen LogP) is 6.28. The van der Waals surface area contributed by atoms with Gasteiger partial charge in [0.1, 0.15) is 11.6 Å². The molecule has 2 aromatic heterocycles. The number of amides is 2. The van der Waals surface area contributed by atoms with E-state index >= 15 is 0 Å². The molecular weight excluding hydrogens is 668 g/mol. The molecule has 3 aromatic carbocycles. The number of carbonyl (C=O) groups excluding carboxylic acids is 2. The maximum atomic E-state index is 13.8. The largest absolute Gasteiger partial charge is 0.494 e. The lowest BCUT2D eigenvalue weighted by molar-refractivity contribution is -0.130. The summed E-state index contributed by atoms with van der Waals surface area (Å²) in [4.78, 5) is 27.9. The summed E-state index contributed by atoms with van der Waals surface area (Å²) in [5.74, 6) is 1.18. The minimum absolute atomic E-state index is 0.00603. The average Bonchev–Trinajstić information content (AvgIpc) is 3.91. The Kier molecular flexibility index (Phi) is 10.5. The zero-order chi connectivity index (χ0) is 34.3. The second kappa shape index (κ2) is 15.3. The number of nitrogens with one attached hydrogen (secondary N) is 1. The van der Waals surface area contributed by atoms with Gasteiger partial charge in [0.25, 0.3) is 11.8 Å². The molecule has 2 amide bonds. The normalized spacial score (nSPS) is 14.0. The van der Waals surface area contributed by atoms with E-state index in [0.29, 0.717) is 46.8 Å². The van der Waals surface area contributed by atoms with Crippen molar-refractivity contribution in [1.29, 1.82) is 0 Å². The molecule has 3 heterocycles. The van der Waals surface area contributed by atoms with Crippen LogP contribution in [0.25, 0.3) is 5.69 Å². The van der Waals surface area contributed by atoms with Crippen molar-refractivity contribution >= 4 is 40.6 Å². The maximum absolute atomic E-state index is 13.8. The van der Waals surface area contributed by atoms with Crippen LogP contribution < -0.4 is 19.5 Å². The number of hydrazone groups is 1. The minimum Gasteiger partial charge on any atom is -0.494 e. The number of thiophene rings is 1. The summed E-state index contributed by atoms with van der Waals surface area (Å²) in [6, 6.07) is 22.0. The molecule has 14 heteroatoms. The van der Waals surface area contributed by atoms with Crippen LogP contribution in [0.3, 0.4) is 0 Å². The van der Waals surface area contributed by atoms with Gasteiger partial charge >= 0.3 is 0 Å². The summed E-state index contributed by atoms with van der Waals surface area (Å²) in [6.07, 6.45) is 0.509. The summed E-state index contributed by atoms with van der Waals surface area (Å²) < 4.78 is 31.8. The Morgan fingerprint density at radius 1 is 1.00 bits per heavy atom. The quantitative estimate of drug-likeness (QED) is 0.143. The van der Waals surface area contributed by atoms with E-state index in [0.717, 1.165) is 21.8 Å². The highest BCUT2D eigenvalue weighted by Gasteiger charge is 2.34. The monoisotopic (exact) mass is 700 g/mol. The molecule has 1 atom stereocenters. The number of aromatic nitrogens is 3. The van der Waals surface area contributed by atoms with Crippen molar-refractivity contribution in [2.24, 2.45) is 5.10 Å². The number of ether oxygens (including phenoxy) is 3. The van der Waals surface area contributed by atoms with Crippen molar-refractivity contribution in [1.82, 2.24) is 25.1 Å². The highest BCUT2D eigenvalue weighted by Crippen LogP contribution is 2.35. The van der Waals surface area contributed by atoms with Gasteiger partial charge in [0.05, 0.1) is 49.8 Å². The fourth-order valence-corrected chi connectivity index (χ4v) is 6.88. The first-order valence-electron chi connectivity index (χ1n) is 15.4. The number of rotatable bonds is 13. The molecule has 6 rings (SSSR count). The summed E-state index contributed by atoms with van der Waals surface area (Å²) in [5, 5.41) is 20.3. The molecule has 1 aliphatic rings. The molecule has 0 fully saturated rings. The van der Waals surface area contributed by atoms with Gasteiger partial charge < -0.3 is 19.5 Å². The number of carbonyl (C=O) groups is 2. The Labute approximate surface area is 290 Å². The van der Waals surface area contributed by atoms with Gasteiger partial charge in [-0.25, -0.2) is 9.40 Å². The highest BCUT2D eigenvalue weighted by molar-refractivity contribution is 7.99. The number of benzene rings is 3. The first kappa shape index (κ1) is 33.7. The van der Waals surface area contributed by atoms with Gasteiger partial charge in [0.15, 0.2) is 22.5 Å². The molecule has 0 spiro atoms. The van der Waals surface area contributed by atoms with Crippen molar-refractivity contribution in [2.45, 2.75) is 31.1 Å². The molecule has 252 valence electrons. The standard InChI is InChI=1S/C35H33FN6O5S2/c1-4-47-26-14-12-25(13-15-26)41-32(20-37-34(44)23-9-16-29(45-2)30(18-23)46-3)38-39-35(41)49-21-33(43)42-28(22-7-10-24(36)11-8-22)19-27(40-42)31-6-5-17-48-31/h5-18,28H,4,19-21H2,1-3H3,(H,37,44). The van der Waals surface area contributed by atoms with Crippen LogP contribution in [-0.2, 0) is 11.3 Å². The number of hydrogen-bond acceptors (Lipinski definition) is 10. The van der Waals surface area contributed by atoms with Crippen LogP contribution in [0.1, 0.15) is 46.0 Å². The van der Waals surface area contributed by atoms with E-state index in [4.69, 9.17) is 19.3 Å². The number of thioether (sulfide) groups is 1. The van der Waals surface area contributed by atoms with Crippen LogP contribution in [0.2, 0.25) is 0 Å². The smallest absolute Gasteiger partial charge is 0.253 e. The Morgan fingerprint density at radius 3 is 2.47 bits per heavy atom. The van der Waals surface area contributed by atoms with Gasteiger partial charge in [-0.15, -0.1) is 21.5 Å². The molecule has 0 bridgehead atoms. The molecule has 0 aliphatic carbocycles. The van der Waals surface area contributed by atoms with Crippen molar-refractivity contribution in [3.63, 3.8) is 0 Å². The van der Waals surface area contributed by atoms with E-state index in [-0.39, 0.29) is 36.0 Å². The molecule has 0 radical (unpaired) electrons. The SMILES string of the molecule is CCOc1ccc(-n2c(CNC(=O)c3ccc(OC)c(OC)c3)nnc2SCC(=O)N2N=C(c3cccs3)CC2c2ccc(F)cc2)cc1. The molecular formula is C35H33FN6O5S2. The van der Waals surface area contributed by atoms with Gasteiger partial charge in [-0.1, -0.05) is 30.0 Å². The lowest BCUT2D eigenvalue weighted by Crippen LogP contribution is -2.28. The van der Waals surface area contributed by atoms with Crippen LogP contribution in [0.4, 0.5) is 4.39 Å². The third-order valence-corrected chi connectivity index (χ3v) is 9.54. The third-order valence-electron chi connectivity index (χ3n) is 7.71. The van der Waals surface area contributed by atoms with Gasteiger partial charge in [-0.05, 0) is 78.5 Å².